The number of fused-ring (bicyclic) bond motifs is 1. The SMILES string of the molecule is Oc1cccc2c1C(=NCc1ccccc1)CC2. The fraction of sp³-hybridized carbons (Fsp3) is 0.188. The predicted molar refractivity (Wildman–Crippen MR) is 73.1 cm³/mol. The van der Waals surface area contributed by atoms with Gasteiger partial charge in [-0.25, -0.2) is 0 Å². The van der Waals surface area contributed by atoms with Crippen molar-refractivity contribution in [2.45, 2.75) is 19.4 Å². The van der Waals surface area contributed by atoms with Gasteiger partial charge in [0.2, 0.25) is 0 Å². The van der Waals surface area contributed by atoms with Crippen molar-refractivity contribution in [3.63, 3.8) is 0 Å². The van der Waals surface area contributed by atoms with Gasteiger partial charge in [-0.15, -0.1) is 0 Å². The van der Waals surface area contributed by atoms with Crippen LogP contribution in [0.25, 0.3) is 0 Å². The third-order valence-corrected chi connectivity index (χ3v) is 3.34. The summed E-state index contributed by atoms with van der Waals surface area (Å²) in [6.45, 7) is 0.684. The first-order valence-electron chi connectivity index (χ1n) is 6.23. The van der Waals surface area contributed by atoms with Gasteiger partial charge in [-0.1, -0.05) is 42.5 Å². The summed E-state index contributed by atoms with van der Waals surface area (Å²) in [5.74, 6) is 0.358. The molecule has 0 atom stereocenters. The maximum Gasteiger partial charge on any atom is 0.124 e. The van der Waals surface area contributed by atoms with Crippen molar-refractivity contribution in [3.05, 3.63) is 65.2 Å². The molecule has 0 aromatic heterocycles. The van der Waals surface area contributed by atoms with E-state index in [1.807, 2.05) is 24.3 Å². The Bertz CT molecular complexity index is 587. The lowest BCUT2D eigenvalue weighted by Gasteiger charge is -2.03. The zero-order valence-corrected chi connectivity index (χ0v) is 10.1. The van der Waals surface area contributed by atoms with Crippen LogP contribution in [0.5, 0.6) is 5.75 Å². The molecule has 0 saturated heterocycles. The van der Waals surface area contributed by atoms with E-state index in [0.29, 0.717) is 12.3 Å². The number of benzene rings is 2. The van der Waals surface area contributed by atoms with E-state index in [9.17, 15) is 5.11 Å². The van der Waals surface area contributed by atoms with Crippen LogP contribution < -0.4 is 0 Å². The van der Waals surface area contributed by atoms with Gasteiger partial charge < -0.3 is 5.11 Å². The van der Waals surface area contributed by atoms with Crippen molar-refractivity contribution < 1.29 is 5.11 Å². The van der Waals surface area contributed by atoms with Gasteiger partial charge in [0.25, 0.3) is 0 Å². The van der Waals surface area contributed by atoms with E-state index in [2.05, 4.69) is 23.2 Å². The van der Waals surface area contributed by atoms with E-state index in [0.717, 1.165) is 24.1 Å². The standard InChI is InChI=1S/C16H15NO/c18-15-8-4-7-13-9-10-14(16(13)15)17-11-12-5-2-1-3-6-12/h1-8,18H,9-11H2. The number of phenols is 1. The van der Waals surface area contributed by atoms with Crippen LogP contribution >= 0.6 is 0 Å². The lowest BCUT2D eigenvalue weighted by atomic mass is 10.1. The second kappa shape index (κ2) is 4.65. The Morgan fingerprint density at radius 3 is 2.61 bits per heavy atom. The van der Waals surface area contributed by atoms with E-state index in [1.54, 1.807) is 6.07 Å². The van der Waals surface area contributed by atoms with Crippen molar-refractivity contribution in [2.24, 2.45) is 4.99 Å². The molecule has 0 heterocycles. The van der Waals surface area contributed by atoms with Gasteiger partial charge in [-0.05, 0) is 30.0 Å². The molecule has 0 aliphatic heterocycles. The number of phenolic OH excluding ortho intramolecular Hbond substituents is 1. The average molecular weight is 237 g/mol. The Hall–Kier alpha value is -2.09. The molecule has 0 unspecified atom stereocenters. The molecule has 0 bridgehead atoms. The Morgan fingerprint density at radius 1 is 0.944 bits per heavy atom. The molecule has 3 rings (SSSR count). The number of hydrogen-bond acceptors (Lipinski definition) is 2. The molecule has 0 spiro atoms. The highest BCUT2D eigenvalue weighted by molar-refractivity contribution is 6.06. The molecule has 1 aliphatic rings. The van der Waals surface area contributed by atoms with Gasteiger partial charge >= 0.3 is 0 Å². The first-order valence-corrected chi connectivity index (χ1v) is 6.23. The predicted octanol–water partition coefficient (Wildman–Crippen LogP) is 3.33. The Morgan fingerprint density at radius 2 is 1.78 bits per heavy atom. The monoisotopic (exact) mass is 237 g/mol. The summed E-state index contributed by atoms with van der Waals surface area (Å²) in [7, 11) is 0. The number of aryl methyl sites for hydroxylation is 1. The van der Waals surface area contributed by atoms with Crippen LogP contribution in [-0.4, -0.2) is 10.8 Å². The quantitative estimate of drug-likeness (QED) is 0.853. The van der Waals surface area contributed by atoms with Gasteiger partial charge in [0.15, 0.2) is 0 Å². The van der Waals surface area contributed by atoms with Crippen molar-refractivity contribution in [3.8, 4) is 5.75 Å². The van der Waals surface area contributed by atoms with Crippen LogP contribution in [-0.2, 0) is 13.0 Å². The average Bonchev–Trinajstić information content (AvgIpc) is 2.82. The zero-order chi connectivity index (χ0) is 12.4. The number of aliphatic imine (C=N–C) groups is 1. The fourth-order valence-electron chi connectivity index (χ4n) is 2.43. The maximum atomic E-state index is 9.92. The normalized spacial score (nSPS) is 15.9. The molecule has 2 aromatic rings. The van der Waals surface area contributed by atoms with Crippen LogP contribution in [0.2, 0.25) is 0 Å². The number of nitrogens with zero attached hydrogens (tertiary/aromatic N) is 1. The molecule has 0 amide bonds. The summed E-state index contributed by atoms with van der Waals surface area (Å²) in [5, 5.41) is 9.92. The summed E-state index contributed by atoms with van der Waals surface area (Å²) in [5.41, 5.74) is 4.40. The Kier molecular flexibility index (Phi) is 2.85. The summed E-state index contributed by atoms with van der Waals surface area (Å²) < 4.78 is 0. The molecule has 0 fully saturated rings. The third-order valence-electron chi connectivity index (χ3n) is 3.34. The van der Waals surface area contributed by atoms with E-state index >= 15 is 0 Å². The summed E-state index contributed by atoms with van der Waals surface area (Å²) in [6.07, 6.45) is 1.91. The molecule has 2 nitrogen and oxygen atoms in total. The largest absolute Gasteiger partial charge is 0.507 e. The molecule has 2 heteroatoms. The molecule has 1 aliphatic carbocycles. The van der Waals surface area contributed by atoms with Crippen LogP contribution in [0, 0.1) is 0 Å². The minimum Gasteiger partial charge on any atom is -0.507 e. The van der Waals surface area contributed by atoms with E-state index < -0.39 is 0 Å². The number of hydrogen-bond donors (Lipinski definition) is 1. The van der Waals surface area contributed by atoms with Crippen LogP contribution in [0.15, 0.2) is 53.5 Å². The Labute approximate surface area is 107 Å². The van der Waals surface area contributed by atoms with E-state index in [4.69, 9.17) is 0 Å². The van der Waals surface area contributed by atoms with Crippen molar-refractivity contribution in [2.75, 3.05) is 0 Å². The number of aromatic hydroxyl groups is 1. The summed E-state index contributed by atoms with van der Waals surface area (Å²) >= 11 is 0. The smallest absolute Gasteiger partial charge is 0.124 e. The zero-order valence-electron chi connectivity index (χ0n) is 10.1. The molecular formula is C16H15NO. The molecular weight excluding hydrogens is 222 g/mol. The van der Waals surface area contributed by atoms with Crippen LogP contribution in [0.3, 0.4) is 0 Å². The summed E-state index contributed by atoms with van der Waals surface area (Å²) in [4.78, 5) is 4.65. The van der Waals surface area contributed by atoms with Gasteiger partial charge in [-0.2, -0.15) is 0 Å². The number of rotatable bonds is 2. The lowest BCUT2D eigenvalue weighted by Crippen LogP contribution is -1.96. The van der Waals surface area contributed by atoms with E-state index in [1.165, 1.54) is 11.1 Å². The maximum absolute atomic E-state index is 9.92. The minimum absolute atomic E-state index is 0.358. The Balaban J connectivity index is 1.88. The second-order valence-corrected chi connectivity index (χ2v) is 4.56. The summed E-state index contributed by atoms with van der Waals surface area (Å²) in [6, 6.07) is 15.9. The van der Waals surface area contributed by atoms with Crippen LogP contribution in [0.4, 0.5) is 0 Å². The molecule has 1 N–H and O–H groups in total. The second-order valence-electron chi connectivity index (χ2n) is 4.56. The van der Waals surface area contributed by atoms with Crippen LogP contribution in [0.1, 0.15) is 23.1 Å². The van der Waals surface area contributed by atoms with Crippen molar-refractivity contribution in [1.82, 2.24) is 0 Å². The lowest BCUT2D eigenvalue weighted by molar-refractivity contribution is 0.474. The van der Waals surface area contributed by atoms with Gasteiger partial charge in [0.05, 0.1) is 6.54 Å². The van der Waals surface area contributed by atoms with E-state index in [-0.39, 0.29) is 0 Å². The first-order chi connectivity index (χ1) is 8.84. The van der Waals surface area contributed by atoms with Crippen molar-refractivity contribution >= 4 is 5.71 Å². The van der Waals surface area contributed by atoms with Crippen molar-refractivity contribution in [1.29, 1.82) is 0 Å². The fourth-order valence-corrected chi connectivity index (χ4v) is 2.43. The highest BCUT2D eigenvalue weighted by Gasteiger charge is 2.20. The molecule has 2 aromatic carbocycles. The van der Waals surface area contributed by atoms with Gasteiger partial charge in [0, 0.05) is 11.3 Å². The van der Waals surface area contributed by atoms with Gasteiger partial charge in [-0.3, -0.25) is 4.99 Å². The molecule has 18 heavy (non-hydrogen) atoms. The first kappa shape index (κ1) is 11.0. The topological polar surface area (TPSA) is 32.6 Å². The van der Waals surface area contributed by atoms with Gasteiger partial charge in [0.1, 0.15) is 5.75 Å². The minimum atomic E-state index is 0.358. The third kappa shape index (κ3) is 2.02. The highest BCUT2D eigenvalue weighted by Crippen LogP contribution is 2.30. The molecule has 0 radical (unpaired) electrons. The molecule has 0 saturated carbocycles. The molecule has 90 valence electrons. The highest BCUT2D eigenvalue weighted by atomic mass is 16.3.